The van der Waals surface area contributed by atoms with Gasteiger partial charge in [0.05, 0.1) is 140 Å². The van der Waals surface area contributed by atoms with Crippen LogP contribution >= 0.6 is 0 Å². The molecule has 35 nitrogen and oxygen atoms in total. The van der Waals surface area contributed by atoms with Crippen LogP contribution in [0.3, 0.4) is 0 Å². The summed E-state index contributed by atoms with van der Waals surface area (Å²) in [6.07, 6.45) is 17.0. The number of carbonyl (C=O) groups is 4. The van der Waals surface area contributed by atoms with Crippen molar-refractivity contribution in [3.05, 3.63) is 84.0 Å². The van der Waals surface area contributed by atoms with E-state index in [-0.39, 0.29) is 86.8 Å². The third-order valence-electron chi connectivity index (χ3n) is 23.3. The summed E-state index contributed by atoms with van der Waals surface area (Å²) in [5, 5.41) is 57.1. The zero-order valence-corrected chi connectivity index (χ0v) is 73.8. The first-order valence-electron chi connectivity index (χ1n) is 43.7. The molecule has 1 aromatic carbocycles. The van der Waals surface area contributed by atoms with Crippen LogP contribution in [0.2, 0.25) is 0 Å². The van der Waals surface area contributed by atoms with E-state index in [0.717, 1.165) is 24.0 Å². The van der Waals surface area contributed by atoms with Crippen molar-refractivity contribution in [2.75, 3.05) is 145 Å². The Labute approximate surface area is 721 Å². The monoisotopic (exact) mass is 1730 g/mol. The van der Waals surface area contributed by atoms with E-state index < -0.39 is 78.1 Å². The molecule has 1 saturated carbocycles. The number of fused-ring (bicyclic) bond motifs is 5. The number of hydrogen-bond donors (Lipinski definition) is 6. The molecule has 4 aliphatic rings. The number of amides is 2. The second-order valence-corrected chi connectivity index (χ2v) is 32.6. The number of carbonyl (C=O) groups excluding carboxylic acids is 4. The molecule has 0 spiro atoms. The van der Waals surface area contributed by atoms with E-state index in [1.165, 1.54) is 18.3 Å². The fourth-order valence-electron chi connectivity index (χ4n) is 16.3. The summed E-state index contributed by atoms with van der Waals surface area (Å²) in [5.74, 6) is -6.52. The zero-order valence-electron chi connectivity index (χ0n) is 73.8. The van der Waals surface area contributed by atoms with Crippen LogP contribution in [0.5, 0.6) is 0 Å². The number of aliphatic hydroxyl groups excluding tert-OH is 2. The predicted molar refractivity (Wildman–Crippen MR) is 458 cm³/mol. The SMILES string of the molecule is CCO[C@@H]1C[C@@H]([C@H](C)C[C@@H]2CC[C@@H](O)[C@H](OC)C2)OC(=O)[C@@H]2CCCCN2C(=O)C(=O)[C@]2(O)O[C@@H](CC[C@H]2C)C[C@H](OC)/C(C)=C/C=C/C=C/[C@@H](C)C[C@@H](C)/C(=N\OCc2cn(CCOCCOCCOCCOCCOCCOCCOCC(=O)NCCCCn3nc(-c4ccc5oc(N)nc5c4)c4c(N)ncnc43)nn2)[C@H](OC)[C@H](O)/C(C)=C/[C@H]1C. The summed E-state index contributed by atoms with van der Waals surface area (Å²) in [5.41, 5.74) is 17.7. The summed E-state index contributed by atoms with van der Waals surface area (Å²) in [4.78, 5) is 76.7. The third-order valence-corrected chi connectivity index (χ3v) is 23.3. The van der Waals surface area contributed by atoms with E-state index in [1.807, 2.05) is 84.1 Å². The van der Waals surface area contributed by atoms with Gasteiger partial charge < -0.3 is 108 Å². The van der Waals surface area contributed by atoms with Crippen molar-refractivity contribution in [2.24, 2.45) is 40.7 Å². The number of ketones is 1. The Morgan fingerprint density at radius 3 is 2.17 bits per heavy atom. The Morgan fingerprint density at radius 2 is 1.48 bits per heavy atom. The fraction of sp³-hybridized carbons (Fsp3) is 0.693. The van der Waals surface area contributed by atoms with E-state index >= 15 is 0 Å². The van der Waals surface area contributed by atoms with Gasteiger partial charge in [0.2, 0.25) is 11.7 Å². The lowest BCUT2D eigenvalue weighted by atomic mass is 9.78. The van der Waals surface area contributed by atoms with Crippen molar-refractivity contribution >= 4 is 63.2 Å². The normalized spacial score (nSPS) is 27.9. The Bertz CT molecular complexity index is 4210. The van der Waals surface area contributed by atoms with Gasteiger partial charge in [0, 0.05) is 83.7 Å². The second kappa shape index (κ2) is 51.5. The number of piperidine rings is 1. The molecule has 684 valence electrons. The number of unbranched alkanes of at least 4 members (excludes halogenated alkanes) is 1. The predicted octanol–water partition coefficient (Wildman–Crippen LogP) is 8.44. The third kappa shape index (κ3) is 30.0. The van der Waals surface area contributed by atoms with E-state index in [4.69, 9.17) is 92.6 Å². The summed E-state index contributed by atoms with van der Waals surface area (Å²) in [7, 11) is 4.73. The Balaban J connectivity index is 0.682. The van der Waals surface area contributed by atoms with Crippen molar-refractivity contribution in [2.45, 2.75) is 226 Å². The van der Waals surface area contributed by atoms with E-state index in [1.54, 1.807) is 42.8 Å². The number of esters is 1. The van der Waals surface area contributed by atoms with Gasteiger partial charge in [0.25, 0.3) is 17.7 Å². The van der Waals surface area contributed by atoms with Gasteiger partial charge in [0.1, 0.15) is 60.0 Å². The molecule has 3 fully saturated rings. The zero-order chi connectivity index (χ0) is 88.2. The lowest BCUT2D eigenvalue weighted by Gasteiger charge is -2.43. The molecule has 0 unspecified atom stereocenters. The largest absolute Gasteiger partial charge is 0.460 e. The maximum Gasteiger partial charge on any atom is 0.329 e. The number of aromatic nitrogens is 8. The van der Waals surface area contributed by atoms with Crippen molar-refractivity contribution in [3.63, 3.8) is 0 Å². The minimum Gasteiger partial charge on any atom is -0.460 e. The average Bonchev–Trinajstić information content (AvgIpc) is 1.74. The van der Waals surface area contributed by atoms with Crippen molar-refractivity contribution in [3.8, 4) is 11.3 Å². The Kier molecular flexibility index (Phi) is 41.3. The van der Waals surface area contributed by atoms with Crippen molar-refractivity contribution in [1.82, 2.24) is 49.9 Å². The standard InChI is InChI=1S/C88H135N13O22/c1-12-119-73-52-74(60(5)48-64-24-27-70(102)75(49-64)110-10)121-86(107)69-22-16-18-30-100(69)85(106)82(105)88(108)63(8)23-26-67(123-88)51-72(109-9)58(3)21-15-13-14-20-57(2)46-61(6)78(81(111-11)80(104)62(7)47-59(73)4)97-120-54-66-53-99(98-95-66)32-33-112-34-35-113-36-37-114-38-39-115-40-41-116-42-43-117-44-45-118-55-76(103)91-29-17-19-31-101-84-77(83(89)92-56-93-84)79(96-101)65-25-28-71-68(50-65)94-87(90)122-71/h13-15,20-21,25,28,47,50,53,56-57,59-61,63-64,67,69-70,72-75,80-81,102,104,108H,12,16-19,22-24,26-27,29-46,48-49,51-52,54-55H2,1-11H3,(H2,90,94)(H,91,103)(H2,89,92,93)/b15-13+,20-14+,58-21+,62-47+,97-78+/t57-,59-,60-,61-,63-,64+,67+,69+,70-,72+,73-,74+,75-,80-,81+,88-/m1/s1. The number of aliphatic hydroxyl groups is 3. The molecule has 4 aromatic heterocycles. The molecule has 2 saturated heterocycles. The van der Waals surface area contributed by atoms with Gasteiger partial charge in [-0.3, -0.25) is 14.4 Å². The first-order valence-corrected chi connectivity index (χ1v) is 43.7. The maximum atomic E-state index is 14.9. The average molecular weight is 1730 g/mol. The number of allylic oxidation sites excluding steroid dienone is 5. The molecule has 123 heavy (non-hydrogen) atoms. The number of nitrogen functional groups attached to an aromatic ring is 2. The number of nitrogens with two attached hydrogens (primary N) is 2. The highest BCUT2D eigenvalue weighted by Crippen LogP contribution is 2.40. The quantitative estimate of drug-likeness (QED) is 0.00704. The summed E-state index contributed by atoms with van der Waals surface area (Å²) < 4.78 is 85.7. The Morgan fingerprint density at radius 1 is 0.772 bits per heavy atom. The highest BCUT2D eigenvalue weighted by Gasteiger charge is 2.53. The first-order chi connectivity index (χ1) is 59.4. The van der Waals surface area contributed by atoms with Gasteiger partial charge in [-0.05, 0) is 145 Å². The number of nitrogens with zero attached hydrogens (tertiary/aromatic N) is 10. The van der Waals surface area contributed by atoms with E-state index in [0.29, 0.717) is 220 Å². The van der Waals surface area contributed by atoms with Crippen LogP contribution in [-0.4, -0.2) is 283 Å². The second-order valence-electron chi connectivity index (χ2n) is 32.6. The molecule has 1 aliphatic carbocycles. The van der Waals surface area contributed by atoms with Crippen LogP contribution in [0, 0.1) is 35.5 Å². The van der Waals surface area contributed by atoms with Crippen LogP contribution in [0.15, 0.2) is 87.9 Å². The molecule has 2 bridgehead atoms. The summed E-state index contributed by atoms with van der Waals surface area (Å²) >= 11 is 0. The smallest absolute Gasteiger partial charge is 0.329 e. The number of cyclic esters (lactones) is 1. The molecular formula is C88H135N13O22. The van der Waals surface area contributed by atoms with E-state index in [9.17, 15) is 34.5 Å². The first kappa shape index (κ1) is 98.7. The minimum atomic E-state index is -2.44. The number of oxazole rings is 1. The van der Waals surface area contributed by atoms with Gasteiger partial charge >= 0.3 is 5.97 Å². The van der Waals surface area contributed by atoms with Crippen LogP contribution in [0.1, 0.15) is 151 Å². The topological polar surface area (TPSA) is 438 Å². The number of methoxy groups -OCH3 is 3. The number of nitrogens with one attached hydrogen (secondary N) is 1. The van der Waals surface area contributed by atoms with Crippen LogP contribution in [0.25, 0.3) is 33.4 Å². The number of benzene rings is 1. The van der Waals surface area contributed by atoms with Crippen molar-refractivity contribution < 1.29 is 105 Å². The van der Waals surface area contributed by atoms with E-state index in [2.05, 4.69) is 43.6 Å². The van der Waals surface area contributed by atoms with Gasteiger partial charge in [-0.15, -0.1) is 5.10 Å². The minimum absolute atomic E-state index is 0.0201. The summed E-state index contributed by atoms with van der Waals surface area (Å²) in [6, 6.07) is 4.45. The number of aryl methyl sites for hydroxylation is 1. The number of anilines is 2. The maximum absolute atomic E-state index is 14.9. The summed E-state index contributed by atoms with van der Waals surface area (Å²) in [6.45, 7) is 22.1. The highest BCUT2D eigenvalue weighted by atomic mass is 16.6. The molecule has 3 aliphatic heterocycles. The molecule has 8 N–H and O–H groups in total. The molecule has 16 atom stereocenters. The van der Waals surface area contributed by atoms with Gasteiger partial charge in [-0.1, -0.05) is 81.4 Å². The molecule has 7 heterocycles. The number of rotatable bonds is 40. The van der Waals surface area contributed by atoms with Crippen molar-refractivity contribution in [1.29, 1.82) is 0 Å². The molecule has 2 amide bonds. The molecule has 5 aromatic rings. The molecular weight excluding hydrogens is 1590 g/mol. The number of oxime groups is 1. The van der Waals surface area contributed by atoms with Crippen LogP contribution in [0.4, 0.5) is 11.8 Å². The molecule has 9 rings (SSSR count). The van der Waals surface area contributed by atoms with Gasteiger partial charge in [-0.25, -0.2) is 24.1 Å². The van der Waals surface area contributed by atoms with Gasteiger partial charge in [-0.2, -0.15) is 10.1 Å². The highest BCUT2D eigenvalue weighted by molar-refractivity contribution is 6.39. The molecule has 35 heteroatoms. The number of ether oxygens (including phenoxy) is 13. The lowest BCUT2D eigenvalue weighted by Crippen LogP contribution is -2.61. The lowest BCUT2D eigenvalue weighted by molar-refractivity contribution is -0.265. The van der Waals surface area contributed by atoms with Gasteiger partial charge in [0.15, 0.2) is 17.8 Å². The number of Topliss-reactive ketones (excluding diaryl/α,β-unsaturated/α-hetero) is 1. The van der Waals surface area contributed by atoms with Crippen LogP contribution < -0.4 is 16.8 Å². The Hall–Kier alpha value is -8.11. The van der Waals surface area contributed by atoms with Crippen LogP contribution in [-0.2, 0) is 105 Å². The molecule has 0 radical (unpaired) electrons. The fourth-order valence-corrected chi connectivity index (χ4v) is 16.3. The number of hydrogen-bond acceptors (Lipinski definition) is 31.